The molecule has 1 atom stereocenters. The van der Waals surface area contributed by atoms with Gasteiger partial charge in [0.1, 0.15) is 5.56 Å². The van der Waals surface area contributed by atoms with Crippen LogP contribution < -0.4 is 16.6 Å². The molecule has 6 aromatic rings. The molecule has 6 rings (SSSR count). The van der Waals surface area contributed by atoms with Gasteiger partial charge in [-0.25, -0.2) is 14.5 Å². The third kappa shape index (κ3) is 4.48. The van der Waals surface area contributed by atoms with E-state index < -0.39 is 11.9 Å². The van der Waals surface area contributed by atoms with Gasteiger partial charge in [0.15, 0.2) is 11.5 Å². The quantitative estimate of drug-likeness (QED) is 0.319. The van der Waals surface area contributed by atoms with E-state index in [9.17, 15) is 9.59 Å². The third-order valence-corrected chi connectivity index (χ3v) is 7.30. The SMILES string of the molecule is Cc1ncc(C#Cc2cccc3cc(C(C)NC(=O)c4c(N)nn5cccnc45)n(-c4ccccc4)c(=O)c23)s1. The average Bonchev–Trinajstić information content (AvgIpc) is 3.53. The number of para-hydroxylation sites is 1. The number of carbonyl (C=O) groups is 1. The summed E-state index contributed by atoms with van der Waals surface area (Å²) in [5.41, 5.74) is 8.25. The third-order valence-electron chi connectivity index (χ3n) is 6.47. The molecule has 4 aromatic heterocycles. The fourth-order valence-corrected chi connectivity index (χ4v) is 5.29. The summed E-state index contributed by atoms with van der Waals surface area (Å²) in [5, 5.41) is 9.32. The maximum atomic E-state index is 14.2. The smallest absolute Gasteiger partial charge is 0.264 e. The largest absolute Gasteiger partial charge is 0.381 e. The Morgan fingerprint density at radius 3 is 2.67 bits per heavy atom. The second kappa shape index (κ2) is 10.1. The lowest BCUT2D eigenvalue weighted by Gasteiger charge is -2.21. The minimum absolute atomic E-state index is 0.0710. The molecule has 1 unspecified atom stereocenters. The first-order valence-electron chi connectivity index (χ1n) is 12.5. The molecule has 0 bridgehead atoms. The number of benzene rings is 2. The molecule has 0 spiro atoms. The molecule has 0 aliphatic heterocycles. The van der Waals surface area contributed by atoms with Crippen LogP contribution in [-0.2, 0) is 0 Å². The molecule has 0 saturated heterocycles. The number of anilines is 1. The Bertz CT molecular complexity index is 2030. The summed E-state index contributed by atoms with van der Waals surface area (Å²) in [6.45, 7) is 3.75. The highest BCUT2D eigenvalue weighted by atomic mass is 32.1. The molecule has 40 heavy (non-hydrogen) atoms. The number of nitrogens with one attached hydrogen (secondary N) is 1. The number of aryl methyl sites for hydroxylation is 1. The van der Waals surface area contributed by atoms with Crippen LogP contribution in [0.5, 0.6) is 0 Å². The van der Waals surface area contributed by atoms with Crippen LogP contribution in [0, 0.1) is 18.8 Å². The van der Waals surface area contributed by atoms with Gasteiger partial charge >= 0.3 is 0 Å². The summed E-state index contributed by atoms with van der Waals surface area (Å²) in [4.78, 5) is 36.9. The number of fused-ring (bicyclic) bond motifs is 2. The van der Waals surface area contributed by atoms with Crippen molar-refractivity contribution in [1.29, 1.82) is 0 Å². The number of amides is 1. The zero-order valence-corrected chi connectivity index (χ0v) is 22.4. The number of nitrogen functional groups attached to an aromatic ring is 1. The number of hydrogen-bond acceptors (Lipinski definition) is 7. The van der Waals surface area contributed by atoms with Crippen LogP contribution in [0.1, 0.15) is 44.5 Å². The second-order valence-corrected chi connectivity index (χ2v) is 10.4. The fraction of sp³-hybridized carbons (Fsp3) is 0.100. The predicted molar refractivity (Wildman–Crippen MR) is 156 cm³/mol. The molecule has 196 valence electrons. The predicted octanol–water partition coefficient (Wildman–Crippen LogP) is 4.27. The fourth-order valence-electron chi connectivity index (χ4n) is 4.66. The van der Waals surface area contributed by atoms with Crippen LogP contribution in [-0.4, -0.2) is 30.1 Å². The van der Waals surface area contributed by atoms with Crippen molar-refractivity contribution >= 4 is 39.5 Å². The lowest BCUT2D eigenvalue weighted by atomic mass is 10.0. The zero-order chi connectivity index (χ0) is 27.8. The summed E-state index contributed by atoms with van der Waals surface area (Å²) in [7, 11) is 0. The van der Waals surface area contributed by atoms with Gasteiger partial charge < -0.3 is 11.1 Å². The van der Waals surface area contributed by atoms with E-state index in [1.54, 1.807) is 29.2 Å². The lowest BCUT2D eigenvalue weighted by Crippen LogP contribution is -2.32. The highest BCUT2D eigenvalue weighted by Crippen LogP contribution is 2.24. The Labute approximate surface area is 233 Å². The molecular formula is C30H23N7O2S. The van der Waals surface area contributed by atoms with Gasteiger partial charge in [0.25, 0.3) is 11.5 Å². The van der Waals surface area contributed by atoms with Crippen LogP contribution in [0.3, 0.4) is 0 Å². The Morgan fingerprint density at radius 2 is 1.90 bits per heavy atom. The summed E-state index contributed by atoms with van der Waals surface area (Å²) in [6, 6.07) is 17.9. The van der Waals surface area contributed by atoms with Gasteiger partial charge in [0.05, 0.1) is 27.5 Å². The first-order chi connectivity index (χ1) is 19.4. The van der Waals surface area contributed by atoms with E-state index in [2.05, 4.69) is 32.2 Å². The number of hydrogen-bond donors (Lipinski definition) is 2. The average molecular weight is 546 g/mol. The number of nitrogens with zero attached hydrogens (tertiary/aromatic N) is 5. The Balaban J connectivity index is 1.48. The van der Waals surface area contributed by atoms with Crippen molar-refractivity contribution in [2.24, 2.45) is 0 Å². The van der Waals surface area contributed by atoms with E-state index >= 15 is 0 Å². The van der Waals surface area contributed by atoms with Gasteiger partial charge in [-0.3, -0.25) is 14.2 Å². The van der Waals surface area contributed by atoms with E-state index in [1.165, 1.54) is 15.9 Å². The van der Waals surface area contributed by atoms with Crippen molar-refractivity contribution in [2.45, 2.75) is 19.9 Å². The first kappa shape index (κ1) is 25.0. The van der Waals surface area contributed by atoms with E-state index in [4.69, 9.17) is 5.73 Å². The lowest BCUT2D eigenvalue weighted by molar-refractivity contribution is 0.0941. The minimum Gasteiger partial charge on any atom is -0.381 e. The number of carbonyl (C=O) groups excluding carboxylic acids is 1. The maximum Gasteiger partial charge on any atom is 0.264 e. The molecule has 9 nitrogen and oxygen atoms in total. The second-order valence-electron chi connectivity index (χ2n) is 9.15. The number of nitrogens with two attached hydrogens (primary N) is 1. The molecular weight excluding hydrogens is 522 g/mol. The van der Waals surface area contributed by atoms with E-state index in [0.29, 0.717) is 28.0 Å². The van der Waals surface area contributed by atoms with Crippen molar-refractivity contribution in [3.63, 3.8) is 0 Å². The molecule has 0 fully saturated rings. The molecule has 0 radical (unpaired) electrons. The van der Waals surface area contributed by atoms with Gasteiger partial charge in [0.2, 0.25) is 0 Å². The number of rotatable bonds is 4. The van der Waals surface area contributed by atoms with Crippen LogP contribution in [0.2, 0.25) is 0 Å². The minimum atomic E-state index is -0.572. The first-order valence-corrected chi connectivity index (χ1v) is 13.3. The number of aromatic nitrogens is 5. The summed E-state index contributed by atoms with van der Waals surface area (Å²) >= 11 is 1.50. The van der Waals surface area contributed by atoms with Gasteiger partial charge in [-0.05, 0) is 55.5 Å². The summed E-state index contributed by atoms with van der Waals surface area (Å²) < 4.78 is 3.08. The Kier molecular flexibility index (Phi) is 6.34. The van der Waals surface area contributed by atoms with Crippen LogP contribution >= 0.6 is 11.3 Å². The molecule has 0 saturated carbocycles. The van der Waals surface area contributed by atoms with Gasteiger partial charge in [-0.1, -0.05) is 36.3 Å². The highest BCUT2D eigenvalue weighted by Gasteiger charge is 2.24. The molecule has 2 aromatic carbocycles. The van der Waals surface area contributed by atoms with Crippen molar-refractivity contribution in [3.8, 4) is 17.5 Å². The molecule has 10 heteroatoms. The Morgan fingerprint density at radius 1 is 1.07 bits per heavy atom. The number of thiazole rings is 1. The van der Waals surface area contributed by atoms with Crippen LogP contribution in [0.4, 0.5) is 5.82 Å². The van der Waals surface area contributed by atoms with Crippen molar-refractivity contribution in [1.82, 2.24) is 29.5 Å². The van der Waals surface area contributed by atoms with E-state index in [0.717, 1.165) is 15.3 Å². The van der Waals surface area contributed by atoms with Crippen LogP contribution in [0.15, 0.2) is 84.0 Å². The van der Waals surface area contributed by atoms with Crippen molar-refractivity contribution in [3.05, 3.63) is 116 Å². The van der Waals surface area contributed by atoms with Crippen molar-refractivity contribution in [2.75, 3.05) is 5.73 Å². The van der Waals surface area contributed by atoms with Crippen molar-refractivity contribution < 1.29 is 4.79 Å². The van der Waals surface area contributed by atoms with Gasteiger partial charge in [-0.2, -0.15) is 0 Å². The molecule has 0 aliphatic carbocycles. The highest BCUT2D eigenvalue weighted by molar-refractivity contribution is 7.12. The van der Waals surface area contributed by atoms with Gasteiger partial charge in [0, 0.05) is 29.3 Å². The zero-order valence-electron chi connectivity index (χ0n) is 21.6. The molecule has 0 aliphatic rings. The topological polar surface area (TPSA) is 120 Å². The number of pyridine rings is 1. The van der Waals surface area contributed by atoms with Crippen LogP contribution in [0.25, 0.3) is 22.1 Å². The normalized spacial score (nSPS) is 11.8. The Hall–Kier alpha value is -5.27. The molecule has 3 N–H and O–H groups in total. The molecule has 4 heterocycles. The molecule has 1 amide bonds. The van der Waals surface area contributed by atoms with E-state index in [1.807, 2.05) is 68.4 Å². The standard InChI is InChI=1S/C30H23N7O2S/c1-18(34-29(38)26-27(31)35-36-15-7-14-32-28(26)36)24-16-21-9-6-8-20(12-13-23-17-33-19(2)40-23)25(21)30(39)37(24)22-10-4-3-5-11-22/h3-11,14-18H,1-2H3,(H2,31,35)(H,34,38). The van der Waals surface area contributed by atoms with E-state index in [-0.39, 0.29) is 16.9 Å². The van der Waals surface area contributed by atoms with Gasteiger partial charge in [-0.15, -0.1) is 16.4 Å². The monoisotopic (exact) mass is 545 g/mol. The summed E-state index contributed by atoms with van der Waals surface area (Å²) in [5.74, 6) is 5.93. The summed E-state index contributed by atoms with van der Waals surface area (Å²) in [6.07, 6.45) is 4.98. The maximum absolute atomic E-state index is 14.2.